The summed E-state index contributed by atoms with van der Waals surface area (Å²) in [6.45, 7) is 0.691. The van der Waals surface area contributed by atoms with Crippen molar-refractivity contribution in [3.8, 4) is 0 Å². The molecule has 2 saturated heterocycles. The molecule has 2 fully saturated rings. The molecule has 2 aliphatic heterocycles. The minimum atomic E-state index is -4.83. The van der Waals surface area contributed by atoms with Gasteiger partial charge in [-0.3, -0.25) is 14.5 Å². The van der Waals surface area contributed by atoms with Crippen molar-refractivity contribution in [1.29, 1.82) is 0 Å². The molecule has 1 N–H and O–H groups in total. The Kier molecular flexibility index (Phi) is 3.71. The number of hydrogen-bond acceptors (Lipinski definition) is 3. The molecule has 0 aromatic rings. The summed E-state index contributed by atoms with van der Waals surface area (Å²) in [5, 5.41) is 8.94. The Bertz CT molecular complexity index is 386. The van der Waals surface area contributed by atoms with Gasteiger partial charge in [-0.25, -0.2) is 0 Å². The highest BCUT2D eigenvalue weighted by atomic mass is 19.4. The highest BCUT2D eigenvalue weighted by Crippen LogP contribution is 2.27. The summed E-state index contributed by atoms with van der Waals surface area (Å²) < 4.78 is 37.0. The molecule has 0 aromatic heterocycles. The summed E-state index contributed by atoms with van der Waals surface area (Å²) in [5.74, 6) is -3.12. The molecule has 0 aliphatic carbocycles. The lowest BCUT2D eigenvalue weighted by molar-refractivity contribution is -0.188. The fraction of sp³-hybridized carbons (Fsp3) is 0.818. The van der Waals surface area contributed by atoms with Gasteiger partial charge in [-0.2, -0.15) is 13.2 Å². The van der Waals surface area contributed by atoms with Crippen molar-refractivity contribution in [3.63, 3.8) is 0 Å². The van der Waals surface area contributed by atoms with Gasteiger partial charge >= 0.3 is 18.1 Å². The van der Waals surface area contributed by atoms with Crippen LogP contribution in [-0.4, -0.2) is 65.2 Å². The van der Waals surface area contributed by atoms with Gasteiger partial charge in [-0.15, -0.1) is 0 Å². The molecule has 0 spiro atoms. The van der Waals surface area contributed by atoms with Crippen molar-refractivity contribution in [2.45, 2.75) is 25.1 Å². The molecule has 0 saturated carbocycles. The van der Waals surface area contributed by atoms with Crippen LogP contribution in [0.1, 0.15) is 12.8 Å². The molecule has 19 heavy (non-hydrogen) atoms. The third-order valence-electron chi connectivity index (χ3n) is 3.79. The zero-order chi connectivity index (χ0) is 14.2. The van der Waals surface area contributed by atoms with Crippen LogP contribution in [-0.2, 0) is 9.59 Å². The molecule has 0 radical (unpaired) electrons. The number of halogens is 3. The number of alkyl halides is 3. The number of hydrogen-bond donors (Lipinski definition) is 1. The first kappa shape index (κ1) is 14.1. The summed E-state index contributed by atoms with van der Waals surface area (Å²) in [6.07, 6.45) is -3.87. The van der Waals surface area contributed by atoms with Crippen molar-refractivity contribution in [1.82, 2.24) is 9.80 Å². The van der Waals surface area contributed by atoms with Gasteiger partial charge in [0.05, 0.1) is 5.92 Å². The van der Waals surface area contributed by atoms with E-state index in [1.165, 1.54) is 0 Å². The van der Waals surface area contributed by atoms with Gasteiger partial charge in [0, 0.05) is 32.2 Å². The maximum absolute atomic E-state index is 12.3. The lowest BCUT2D eigenvalue weighted by Crippen LogP contribution is -2.59. The van der Waals surface area contributed by atoms with Gasteiger partial charge in [0.1, 0.15) is 0 Å². The van der Waals surface area contributed by atoms with E-state index in [4.69, 9.17) is 5.11 Å². The number of carbonyl (C=O) groups excluding carboxylic acids is 1. The maximum Gasteiger partial charge on any atom is 0.471 e. The third kappa shape index (κ3) is 2.99. The number of carbonyl (C=O) groups is 2. The largest absolute Gasteiger partial charge is 0.481 e. The minimum Gasteiger partial charge on any atom is -0.481 e. The Morgan fingerprint density at radius 3 is 2.37 bits per heavy atom. The average Bonchev–Trinajstić information content (AvgIpc) is 2.35. The number of aliphatic carboxylic acids is 1. The van der Waals surface area contributed by atoms with Gasteiger partial charge in [0.2, 0.25) is 0 Å². The number of nitrogens with zero attached hydrogens (tertiary/aromatic N) is 2. The van der Waals surface area contributed by atoms with Crippen LogP contribution in [0.3, 0.4) is 0 Å². The van der Waals surface area contributed by atoms with Crippen LogP contribution in [0.15, 0.2) is 0 Å². The predicted octanol–water partition coefficient (Wildman–Crippen LogP) is 0.556. The highest BCUT2D eigenvalue weighted by Gasteiger charge is 2.45. The summed E-state index contributed by atoms with van der Waals surface area (Å²) in [5.41, 5.74) is 0. The number of carboxylic acid groups (broad SMARTS) is 1. The molecule has 2 unspecified atom stereocenters. The van der Waals surface area contributed by atoms with Gasteiger partial charge in [0.15, 0.2) is 0 Å². The Morgan fingerprint density at radius 1 is 1.11 bits per heavy atom. The number of amides is 1. The molecule has 1 amide bonds. The zero-order valence-electron chi connectivity index (χ0n) is 10.2. The van der Waals surface area contributed by atoms with Crippen LogP contribution in [0.5, 0.6) is 0 Å². The Hall–Kier alpha value is -1.31. The minimum absolute atomic E-state index is 0.00117. The van der Waals surface area contributed by atoms with Gasteiger partial charge in [-0.05, 0) is 12.8 Å². The molecule has 0 bridgehead atoms. The molecule has 8 heteroatoms. The number of fused-ring (bicyclic) bond motifs is 1. The quantitative estimate of drug-likeness (QED) is 0.762. The van der Waals surface area contributed by atoms with Crippen LogP contribution >= 0.6 is 0 Å². The summed E-state index contributed by atoms with van der Waals surface area (Å²) in [4.78, 5) is 24.7. The first-order chi connectivity index (χ1) is 8.79. The van der Waals surface area contributed by atoms with E-state index < -0.39 is 24.0 Å². The second-order valence-corrected chi connectivity index (χ2v) is 5.01. The Labute approximate surface area is 108 Å². The standard InChI is InChI=1S/C11H15F3N2O3/c12-11(13,14)10(19)16-4-3-15-5-7(9(17)18)1-2-8(15)6-16/h7-8H,1-6H2,(H,17,18). The second-order valence-electron chi connectivity index (χ2n) is 5.01. The third-order valence-corrected chi connectivity index (χ3v) is 3.79. The van der Waals surface area contributed by atoms with Crippen molar-refractivity contribution in [3.05, 3.63) is 0 Å². The fourth-order valence-corrected chi connectivity index (χ4v) is 2.74. The average molecular weight is 280 g/mol. The number of piperazine rings is 1. The topological polar surface area (TPSA) is 60.9 Å². The van der Waals surface area contributed by atoms with E-state index in [0.29, 0.717) is 25.9 Å². The Balaban J connectivity index is 1.96. The van der Waals surface area contributed by atoms with Crippen LogP contribution < -0.4 is 0 Å². The molecule has 108 valence electrons. The number of carboxylic acids is 1. The van der Waals surface area contributed by atoms with E-state index in [2.05, 4.69) is 0 Å². The maximum atomic E-state index is 12.3. The Morgan fingerprint density at radius 2 is 1.79 bits per heavy atom. The van der Waals surface area contributed by atoms with Crippen molar-refractivity contribution in [2.75, 3.05) is 26.2 Å². The second kappa shape index (κ2) is 4.99. The van der Waals surface area contributed by atoms with Crippen LogP contribution in [0, 0.1) is 5.92 Å². The molecule has 2 heterocycles. The predicted molar refractivity (Wildman–Crippen MR) is 58.4 cm³/mol. The number of piperidine rings is 1. The lowest BCUT2D eigenvalue weighted by atomic mass is 9.91. The monoisotopic (exact) mass is 280 g/mol. The lowest BCUT2D eigenvalue weighted by Gasteiger charge is -2.45. The van der Waals surface area contributed by atoms with Gasteiger partial charge in [-0.1, -0.05) is 0 Å². The SMILES string of the molecule is O=C(O)C1CCC2CN(C(=O)C(F)(F)F)CCN2C1. The summed E-state index contributed by atoms with van der Waals surface area (Å²) in [6, 6.07) is -0.157. The molecule has 2 rings (SSSR count). The van der Waals surface area contributed by atoms with E-state index in [1.54, 1.807) is 0 Å². The van der Waals surface area contributed by atoms with Crippen molar-refractivity contribution in [2.24, 2.45) is 5.92 Å². The van der Waals surface area contributed by atoms with Gasteiger partial charge in [0.25, 0.3) is 0 Å². The van der Waals surface area contributed by atoms with E-state index >= 15 is 0 Å². The van der Waals surface area contributed by atoms with E-state index in [1.807, 2.05) is 4.90 Å². The van der Waals surface area contributed by atoms with Gasteiger partial charge < -0.3 is 10.0 Å². The fourth-order valence-electron chi connectivity index (χ4n) is 2.74. The molecule has 2 aliphatic rings. The van der Waals surface area contributed by atoms with E-state index in [0.717, 1.165) is 4.90 Å². The number of rotatable bonds is 1. The van der Waals surface area contributed by atoms with Crippen LogP contribution in [0.2, 0.25) is 0 Å². The first-order valence-corrected chi connectivity index (χ1v) is 6.12. The highest BCUT2D eigenvalue weighted by molar-refractivity contribution is 5.82. The smallest absolute Gasteiger partial charge is 0.471 e. The molecule has 2 atom stereocenters. The molecular formula is C11H15F3N2O3. The molecular weight excluding hydrogens is 265 g/mol. The molecule has 0 aromatic carbocycles. The first-order valence-electron chi connectivity index (χ1n) is 6.12. The normalized spacial score (nSPS) is 28.9. The van der Waals surface area contributed by atoms with Crippen LogP contribution in [0.4, 0.5) is 13.2 Å². The van der Waals surface area contributed by atoms with Crippen molar-refractivity contribution < 1.29 is 27.9 Å². The van der Waals surface area contributed by atoms with Crippen LogP contribution in [0.25, 0.3) is 0 Å². The van der Waals surface area contributed by atoms with E-state index in [9.17, 15) is 22.8 Å². The van der Waals surface area contributed by atoms with Crippen molar-refractivity contribution >= 4 is 11.9 Å². The molecule has 5 nitrogen and oxygen atoms in total. The van der Waals surface area contributed by atoms with E-state index in [-0.39, 0.29) is 19.1 Å². The zero-order valence-corrected chi connectivity index (χ0v) is 10.2. The summed E-state index contributed by atoms with van der Waals surface area (Å²) >= 11 is 0. The summed E-state index contributed by atoms with van der Waals surface area (Å²) in [7, 11) is 0.